The monoisotopic (exact) mass is 430 g/mol. The van der Waals surface area contributed by atoms with E-state index in [0.717, 1.165) is 11.1 Å². The highest BCUT2D eigenvalue weighted by Gasteiger charge is 2.24. The summed E-state index contributed by atoms with van der Waals surface area (Å²) in [5.74, 6) is -0.493. The summed E-state index contributed by atoms with van der Waals surface area (Å²) in [5, 5.41) is 2.83. The van der Waals surface area contributed by atoms with Gasteiger partial charge < -0.3 is 14.8 Å². The van der Waals surface area contributed by atoms with Crippen LogP contribution in [-0.2, 0) is 16.1 Å². The van der Waals surface area contributed by atoms with Crippen LogP contribution in [0.15, 0.2) is 73.1 Å². The number of carbonyl (C=O) groups is 2. The highest BCUT2D eigenvalue weighted by Crippen LogP contribution is 2.30. The molecule has 1 unspecified atom stereocenters. The van der Waals surface area contributed by atoms with Crippen molar-refractivity contribution in [1.29, 1.82) is 0 Å². The van der Waals surface area contributed by atoms with Crippen molar-refractivity contribution in [2.24, 2.45) is 0 Å². The van der Waals surface area contributed by atoms with Gasteiger partial charge in [0.1, 0.15) is 17.9 Å². The third kappa shape index (κ3) is 4.29. The first kappa shape index (κ1) is 21.0. The quantitative estimate of drug-likeness (QED) is 0.462. The topological polar surface area (TPSA) is 94.8 Å². The van der Waals surface area contributed by atoms with Crippen molar-refractivity contribution >= 4 is 17.7 Å². The first-order chi connectivity index (χ1) is 15.6. The summed E-state index contributed by atoms with van der Waals surface area (Å²) >= 11 is 0. The van der Waals surface area contributed by atoms with Crippen LogP contribution < -0.4 is 5.32 Å². The number of amides is 1. The molecule has 1 N–H and O–H groups in total. The smallest absolute Gasteiger partial charge is 0.407 e. The lowest BCUT2D eigenvalue weighted by atomic mass is 10.1. The van der Waals surface area contributed by atoms with Crippen molar-refractivity contribution in [3.8, 4) is 11.3 Å². The minimum Gasteiger partial charge on any atom is -0.464 e. The van der Waals surface area contributed by atoms with E-state index in [-0.39, 0.29) is 6.61 Å². The molecule has 1 atom stereocenters. The first-order valence-corrected chi connectivity index (χ1v) is 10.1. The number of ether oxygens (including phenoxy) is 2. The van der Waals surface area contributed by atoms with Crippen LogP contribution in [-0.4, -0.2) is 33.5 Å². The molecule has 0 spiro atoms. The van der Waals surface area contributed by atoms with E-state index in [1.54, 1.807) is 41.1 Å². The fourth-order valence-corrected chi connectivity index (χ4v) is 3.47. The van der Waals surface area contributed by atoms with Gasteiger partial charge in [-0.15, -0.1) is 0 Å². The van der Waals surface area contributed by atoms with Crippen molar-refractivity contribution in [2.45, 2.75) is 19.6 Å². The zero-order chi connectivity index (χ0) is 22.5. The molecule has 8 nitrogen and oxygen atoms in total. The number of nitrogens with zero attached hydrogens (tertiary/aromatic N) is 3. The second kappa shape index (κ2) is 9.30. The Hall–Kier alpha value is -4.20. The molecule has 32 heavy (non-hydrogen) atoms. The van der Waals surface area contributed by atoms with Gasteiger partial charge in [0.15, 0.2) is 0 Å². The summed E-state index contributed by atoms with van der Waals surface area (Å²) < 4.78 is 12.0. The Bertz CT molecular complexity index is 1240. The lowest BCUT2D eigenvalue weighted by Crippen LogP contribution is -2.28. The summed E-state index contributed by atoms with van der Waals surface area (Å²) in [6.45, 7) is 1.97. The highest BCUT2D eigenvalue weighted by atomic mass is 16.5. The Labute approximate surface area is 184 Å². The predicted octanol–water partition coefficient (Wildman–Crippen LogP) is 4.17. The van der Waals surface area contributed by atoms with Gasteiger partial charge in [-0.1, -0.05) is 36.4 Å². The predicted molar refractivity (Wildman–Crippen MR) is 118 cm³/mol. The minimum absolute atomic E-state index is 0.159. The zero-order valence-corrected chi connectivity index (χ0v) is 17.7. The molecule has 0 saturated carbocycles. The van der Waals surface area contributed by atoms with Crippen molar-refractivity contribution in [3.05, 3.63) is 90.0 Å². The molecule has 1 aromatic carbocycles. The molecular formula is C24H22N4O4. The van der Waals surface area contributed by atoms with E-state index in [1.807, 2.05) is 43.3 Å². The third-order valence-electron chi connectivity index (χ3n) is 4.96. The Morgan fingerprint density at radius 1 is 1.06 bits per heavy atom. The number of fused-ring (bicyclic) bond motifs is 1. The summed E-state index contributed by atoms with van der Waals surface area (Å²) in [6, 6.07) is 17.8. The summed E-state index contributed by atoms with van der Waals surface area (Å²) in [7, 11) is 1.33. The minimum atomic E-state index is -0.566. The Kier molecular flexibility index (Phi) is 6.12. The summed E-state index contributed by atoms with van der Waals surface area (Å²) in [6.07, 6.45) is 2.78. The fourth-order valence-electron chi connectivity index (χ4n) is 3.47. The molecule has 162 valence electrons. The molecule has 0 aliphatic rings. The van der Waals surface area contributed by atoms with E-state index in [4.69, 9.17) is 14.5 Å². The number of hydrogen-bond donors (Lipinski definition) is 1. The van der Waals surface area contributed by atoms with Gasteiger partial charge in [0, 0.05) is 18.0 Å². The number of aromatic nitrogens is 3. The number of rotatable bonds is 6. The standard InChI is InChI=1S/C24H22N4O4/c1-16(26-24(30)32-15-17-8-4-3-5-9-17)21-22(18-10-7-13-25-14-18)28-19(23(29)31-2)11-6-12-20(28)27-21/h3-14,16H,15H2,1-2H3,(H,26,30). The molecule has 0 fully saturated rings. The van der Waals surface area contributed by atoms with Crippen LogP contribution in [0.5, 0.6) is 0 Å². The van der Waals surface area contributed by atoms with E-state index in [1.165, 1.54) is 7.11 Å². The number of benzene rings is 1. The van der Waals surface area contributed by atoms with Crippen LogP contribution in [0.3, 0.4) is 0 Å². The molecular weight excluding hydrogens is 408 g/mol. The average Bonchev–Trinajstić information content (AvgIpc) is 3.23. The van der Waals surface area contributed by atoms with Gasteiger partial charge in [-0.3, -0.25) is 9.38 Å². The average molecular weight is 430 g/mol. The van der Waals surface area contributed by atoms with E-state index >= 15 is 0 Å². The molecule has 0 bridgehead atoms. The lowest BCUT2D eigenvalue weighted by Gasteiger charge is -2.15. The van der Waals surface area contributed by atoms with E-state index in [2.05, 4.69) is 10.3 Å². The van der Waals surface area contributed by atoms with Crippen LogP contribution in [0, 0.1) is 0 Å². The molecule has 4 rings (SSSR count). The number of methoxy groups -OCH3 is 1. The molecule has 8 heteroatoms. The second-order valence-corrected chi connectivity index (χ2v) is 7.11. The molecule has 0 saturated heterocycles. The Balaban J connectivity index is 1.68. The third-order valence-corrected chi connectivity index (χ3v) is 4.96. The van der Waals surface area contributed by atoms with Gasteiger partial charge in [-0.2, -0.15) is 0 Å². The number of nitrogens with one attached hydrogen (secondary N) is 1. The summed E-state index contributed by atoms with van der Waals surface area (Å²) in [4.78, 5) is 33.7. The maximum atomic E-state index is 12.4. The van der Waals surface area contributed by atoms with Gasteiger partial charge in [-0.25, -0.2) is 14.6 Å². The summed E-state index contributed by atoms with van der Waals surface area (Å²) in [5.41, 5.74) is 3.73. The van der Waals surface area contributed by atoms with Crippen LogP contribution in [0.25, 0.3) is 16.9 Å². The van der Waals surface area contributed by atoms with E-state index < -0.39 is 18.1 Å². The molecule has 0 radical (unpaired) electrons. The maximum absolute atomic E-state index is 12.4. The molecule has 0 aliphatic carbocycles. The van der Waals surface area contributed by atoms with Crippen molar-refractivity contribution < 1.29 is 19.1 Å². The first-order valence-electron chi connectivity index (χ1n) is 10.1. The maximum Gasteiger partial charge on any atom is 0.407 e. The number of hydrogen-bond acceptors (Lipinski definition) is 6. The van der Waals surface area contributed by atoms with Gasteiger partial charge in [0.25, 0.3) is 0 Å². The number of esters is 1. The molecule has 3 heterocycles. The number of imidazole rings is 1. The highest BCUT2D eigenvalue weighted by molar-refractivity contribution is 5.89. The van der Waals surface area contributed by atoms with Crippen LogP contribution >= 0.6 is 0 Å². The zero-order valence-electron chi connectivity index (χ0n) is 17.7. The number of pyridine rings is 2. The molecule has 1 amide bonds. The largest absolute Gasteiger partial charge is 0.464 e. The Morgan fingerprint density at radius 2 is 1.88 bits per heavy atom. The normalized spacial score (nSPS) is 11.7. The molecule has 4 aromatic rings. The Morgan fingerprint density at radius 3 is 2.59 bits per heavy atom. The number of carbonyl (C=O) groups excluding carboxylic acids is 2. The SMILES string of the molecule is COC(=O)c1cccc2nc(C(C)NC(=O)OCc3ccccc3)c(-c3cccnc3)n12. The molecule has 0 aliphatic heterocycles. The van der Waals surface area contributed by atoms with Crippen molar-refractivity contribution in [2.75, 3.05) is 7.11 Å². The van der Waals surface area contributed by atoms with Crippen molar-refractivity contribution in [3.63, 3.8) is 0 Å². The van der Waals surface area contributed by atoms with E-state index in [0.29, 0.717) is 22.7 Å². The van der Waals surface area contributed by atoms with Crippen molar-refractivity contribution in [1.82, 2.24) is 19.7 Å². The van der Waals surface area contributed by atoms with Gasteiger partial charge in [0.2, 0.25) is 0 Å². The van der Waals surface area contributed by atoms with Gasteiger partial charge in [0.05, 0.1) is 24.5 Å². The van der Waals surface area contributed by atoms with Gasteiger partial charge >= 0.3 is 12.1 Å². The van der Waals surface area contributed by atoms with Crippen LogP contribution in [0.2, 0.25) is 0 Å². The van der Waals surface area contributed by atoms with Crippen LogP contribution in [0.4, 0.5) is 4.79 Å². The van der Waals surface area contributed by atoms with Gasteiger partial charge in [-0.05, 0) is 36.8 Å². The fraction of sp³-hybridized carbons (Fsp3) is 0.167. The molecule has 3 aromatic heterocycles. The lowest BCUT2D eigenvalue weighted by molar-refractivity contribution is 0.0592. The second-order valence-electron chi connectivity index (χ2n) is 7.11. The number of alkyl carbamates (subject to hydrolysis) is 1. The van der Waals surface area contributed by atoms with Crippen LogP contribution in [0.1, 0.15) is 34.7 Å². The van der Waals surface area contributed by atoms with E-state index in [9.17, 15) is 9.59 Å².